The predicted octanol–water partition coefficient (Wildman–Crippen LogP) is 3.78. The maximum Gasteiger partial charge on any atom is 0.225 e. The Kier molecular flexibility index (Phi) is 9.62. The molecule has 7 nitrogen and oxygen atoms in total. The molecule has 0 bridgehead atoms. The van der Waals surface area contributed by atoms with Gasteiger partial charge in [-0.2, -0.15) is 0 Å². The molecule has 2 aliphatic rings. The molecule has 176 valence electrons. The van der Waals surface area contributed by atoms with Crippen LogP contribution >= 0.6 is 24.0 Å². The molecule has 1 saturated carbocycles. The van der Waals surface area contributed by atoms with E-state index in [1.54, 1.807) is 0 Å². The Hall–Kier alpha value is -1.84. The van der Waals surface area contributed by atoms with Gasteiger partial charge in [0.2, 0.25) is 5.91 Å². The van der Waals surface area contributed by atoms with Crippen LogP contribution in [-0.4, -0.2) is 58.5 Å². The Labute approximate surface area is 208 Å². The van der Waals surface area contributed by atoms with Gasteiger partial charge in [-0.15, -0.1) is 24.0 Å². The van der Waals surface area contributed by atoms with E-state index in [0.29, 0.717) is 5.91 Å². The van der Waals surface area contributed by atoms with Crippen LogP contribution in [0.4, 0.5) is 0 Å². The van der Waals surface area contributed by atoms with Gasteiger partial charge in [-0.05, 0) is 44.7 Å². The number of carbonyl (C=O) groups excluding carboxylic acids is 1. The minimum atomic E-state index is 0. The maximum atomic E-state index is 12.8. The summed E-state index contributed by atoms with van der Waals surface area (Å²) >= 11 is 0. The third-order valence-electron chi connectivity index (χ3n) is 6.49. The van der Waals surface area contributed by atoms with E-state index < -0.39 is 0 Å². The van der Waals surface area contributed by atoms with E-state index in [9.17, 15) is 4.79 Å². The van der Waals surface area contributed by atoms with E-state index in [-0.39, 0.29) is 35.9 Å². The molecule has 0 spiro atoms. The van der Waals surface area contributed by atoms with Gasteiger partial charge >= 0.3 is 0 Å². The van der Waals surface area contributed by atoms with E-state index in [1.165, 1.54) is 24.8 Å². The smallest absolute Gasteiger partial charge is 0.225 e. The number of para-hydroxylation sites is 2. The molecular weight excluding hydrogens is 515 g/mol. The lowest BCUT2D eigenvalue weighted by Gasteiger charge is -2.26. The van der Waals surface area contributed by atoms with Crippen molar-refractivity contribution in [2.24, 2.45) is 10.9 Å². The number of imidazole rings is 1. The Morgan fingerprint density at radius 1 is 1.19 bits per heavy atom. The third kappa shape index (κ3) is 6.36. The zero-order valence-electron chi connectivity index (χ0n) is 19.1. The summed E-state index contributed by atoms with van der Waals surface area (Å²) in [7, 11) is 0. The van der Waals surface area contributed by atoms with Crippen molar-refractivity contribution in [1.29, 1.82) is 0 Å². The highest BCUT2D eigenvalue weighted by molar-refractivity contribution is 14.0. The van der Waals surface area contributed by atoms with Crippen LogP contribution in [0.5, 0.6) is 0 Å². The molecule has 2 fully saturated rings. The van der Waals surface area contributed by atoms with Gasteiger partial charge in [0.15, 0.2) is 5.96 Å². The van der Waals surface area contributed by atoms with E-state index in [4.69, 9.17) is 4.99 Å². The molecule has 0 radical (unpaired) electrons. The molecule has 1 amide bonds. The molecule has 1 unspecified atom stereocenters. The van der Waals surface area contributed by atoms with E-state index in [1.807, 2.05) is 18.5 Å². The predicted molar refractivity (Wildman–Crippen MR) is 140 cm³/mol. The molecule has 2 aromatic rings. The molecule has 1 aliphatic carbocycles. The van der Waals surface area contributed by atoms with Crippen LogP contribution in [0.15, 0.2) is 35.6 Å². The fourth-order valence-electron chi connectivity index (χ4n) is 4.82. The zero-order chi connectivity index (χ0) is 21.5. The molecular formula is C24H37IN6O. The van der Waals surface area contributed by atoms with Gasteiger partial charge in [0, 0.05) is 44.7 Å². The minimum Gasteiger partial charge on any atom is -0.357 e. The number of hydrogen-bond acceptors (Lipinski definition) is 3. The second-order valence-corrected chi connectivity index (χ2v) is 8.79. The molecule has 1 aromatic heterocycles. The number of amides is 1. The van der Waals surface area contributed by atoms with Gasteiger partial charge in [-0.25, -0.2) is 4.98 Å². The highest BCUT2D eigenvalue weighted by Gasteiger charge is 2.31. The Morgan fingerprint density at radius 3 is 2.81 bits per heavy atom. The topological polar surface area (TPSA) is 74.6 Å². The Morgan fingerprint density at radius 2 is 2.00 bits per heavy atom. The molecule has 2 heterocycles. The molecule has 1 saturated heterocycles. The summed E-state index contributed by atoms with van der Waals surface area (Å²) in [5, 5.41) is 6.91. The molecule has 1 atom stereocenters. The van der Waals surface area contributed by atoms with Gasteiger partial charge in [-0.1, -0.05) is 31.4 Å². The molecule has 1 aromatic carbocycles. The molecule has 32 heavy (non-hydrogen) atoms. The normalized spacial score (nSPS) is 19.7. The average molecular weight is 553 g/mol. The van der Waals surface area contributed by atoms with Crippen LogP contribution < -0.4 is 10.6 Å². The second kappa shape index (κ2) is 12.4. The van der Waals surface area contributed by atoms with Crippen molar-refractivity contribution < 1.29 is 4.79 Å². The van der Waals surface area contributed by atoms with Crippen molar-refractivity contribution in [3.8, 4) is 0 Å². The molecule has 1 aliphatic heterocycles. The summed E-state index contributed by atoms with van der Waals surface area (Å²) < 4.78 is 2.19. The van der Waals surface area contributed by atoms with Gasteiger partial charge in [-0.3, -0.25) is 9.79 Å². The Bertz CT molecular complexity index is 891. The van der Waals surface area contributed by atoms with Crippen LogP contribution in [0, 0.1) is 5.92 Å². The van der Waals surface area contributed by atoms with Crippen LogP contribution in [0.1, 0.15) is 51.9 Å². The fourth-order valence-corrected chi connectivity index (χ4v) is 4.82. The van der Waals surface area contributed by atoms with Crippen molar-refractivity contribution in [1.82, 2.24) is 25.1 Å². The lowest BCUT2D eigenvalue weighted by Crippen LogP contribution is -2.45. The fraction of sp³-hybridized carbons (Fsp3) is 0.625. The van der Waals surface area contributed by atoms with E-state index in [2.05, 4.69) is 44.1 Å². The summed E-state index contributed by atoms with van der Waals surface area (Å²) in [6.07, 6.45) is 9.70. The van der Waals surface area contributed by atoms with Crippen molar-refractivity contribution in [3.05, 3.63) is 30.6 Å². The number of likely N-dealkylation sites (tertiary alicyclic amines) is 1. The first-order chi connectivity index (χ1) is 15.2. The van der Waals surface area contributed by atoms with Crippen LogP contribution in [0.25, 0.3) is 11.0 Å². The van der Waals surface area contributed by atoms with Gasteiger partial charge < -0.3 is 20.1 Å². The summed E-state index contributed by atoms with van der Waals surface area (Å²) in [6, 6.07) is 8.50. The number of benzene rings is 1. The zero-order valence-corrected chi connectivity index (χ0v) is 21.5. The third-order valence-corrected chi connectivity index (χ3v) is 6.49. The number of rotatable bonds is 7. The SMILES string of the molecule is CCNC(=NCCCn1cnc2ccccc21)NC1CCN(C(=O)C2CCCCC2)C1.I. The molecule has 4 rings (SSSR count). The number of halogens is 1. The number of guanidine groups is 1. The van der Waals surface area contributed by atoms with Gasteiger partial charge in [0.1, 0.15) is 0 Å². The largest absolute Gasteiger partial charge is 0.357 e. The number of fused-ring (bicyclic) bond motifs is 1. The first-order valence-electron chi connectivity index (χ1n) is 12.0. The lowest BCUT2D eigenvalue weighted by molar-refractivity contribution is -0.135. The van der Waals surface area contributed by atoms with Crippen molar-refractivity contribution in [3.63, 3.8) is 0 Å². The monoisotopic (exact) mass is 552 g/mol. The number of aromatic nitrogens is 2. The van der Waals surface area contributed by atoms with Crippen molar-refractivity contribution in [2.75, 3.05) is 26.2 Å². The van der Waals surface area contributed by atoms with Crippen LogP contribution in [-0.2, 0) is 11.3 Å². The highest BCUT2D eigenvalue weighted by Crippen LogP contribution is 2.26. The standard InChI is InChI=1S/C24H36N6O.HI/c1-2-25-24(26-14-8-15-30-18-27-21-11-6-7-12-22(21)30)28-20-13-16-29(17-20)23(31)19-9-4-3-5-10-19;/h6-7,11-12,18-20H,2-5,8-10,13-17H2,1H3,(H2,25,26,28);1H. The lowest BCUT2D eigenvalue weighted by atomic mass is 9.88. The number of nitrogens with zero attached hydrogens (tertiary/aromatic N) is 4. The number of carbonyl (C=O) groups is 1. The van der Waals surface area contributed by atoms with Crippen LogP contribution in [0.3, 0.4) is 0 Å². The van der Waals surface area contributed by atoms with Crippen LogP contribution in [0.2, 0.25) is 0 Å². The second-order valence-electron chi connectivity index (χ2n) is 8.79. The molecule has 8 heteroatoms. The first-order valence-corrected chi connectivity index (χ1v) is 12.0. The van der Waals surface area contributed by atoms with Gasteiger partial charge in [0.05, 0.1) is 17.4 Å². The van der Waals surface area contributed by atoms with E-state index >= 15 is 0 Å². The quantitative estimate of drug-likeness (QED) is 0.237. The summed E-state index contributed by atoms with van der Waals surface area (Å²) in [4.78, 5) is 24.1. The minimum absolute atomic E-state index is 0. The summed E-state index contributed by atoms with van der Waals surface area (Å²) in [6.45, 7) is 6.22. The average Bonchev–Trinajstić information content (AvgIpc) is 3.44. The number of hydrogen-bond donors (Lipinski definition) is 2. The highest BCUT2D eigenvalue weighted by atomic mass is 127. The summed E-state index contributed by atoms with van der Waals surface area (Å²) in [5.74, 6) is 1.49. The number of aryl methyl sites for hydroxylation is 1. The number of aliphatic imine (C=N–C) groups is 1. The first kappa shape index (κ1) is 24.8. The van der Waals surface area contributed by atoms with Crippen molar-refractivity contribution in [2.45, 2.75) is 64.5 Å². The Balaban J connectivity index is 0.00000289. The van der Waals surface area contributed by atoms with Gasteiger partial charge in [0.25, 0.3) is 0 Å². The maximum absolute atomic E-state index is 12.8. The van der Waals surface area contributed by atoms with Crippen molar-refractivity contribution >= 4 is 46.9 Å². The molecule has 2 N–H and O–H groups in total. The summed E-state index contributed by atoms with van der Waals surface area (Å²) in [5.41, 5.74) is 2.21. The van der Waals surface area contributed by atoms with E-state index in [0.717, 1.165) is 69.9 Å². The number of nitrogens with one attached hydrogen (secondary N) is 2.